The quantitative estimate of drug-likeness (QED) is 0.854. The monoisotopic (exact) mass is 354 g/mol. The van der Waals surface area contributed by atoms with E-state index in [4.69, 9.17) is 0 Å². The highest BCUT2D eigenvalue weighted by molar-refractivity contribution is 8.18. The minimum absolute atomic E-state index is 0.247. The Balaban J connectivity index is 1.87. The zero-order valence-electron chi connectivity index (χ0n) is 11.8. The summed E-state index contributed by atoms with van der Waals surface area (Å²) >= 11 is 0.788. The summed E-state index contributed by atoms with van der Waals surface area (Å²) in [5, 5.41) is 1.71. The summed E-state index contributed by atoms with van der Waals surface area (Å²) in [5.74, 6) is -0.804. The largest absolute Gasteiger partial charge is 0.573 e. The van der Waals surface area contributed by atoms with Crippen LogP contribution in [0.5, 0.6) is 5.75 Å². The van der Waals surface area contributed by atoms with Gasteiger partial charge in [-0.05, 0) is 54.2 Å². The van der Waals surface area contributed by atoms with Gasteiger partial charge in [-0.15, -0.1) is 13.2 Å². The van der Waals surface area contributed by atoms with Crippen LogP contribution < -0.4 is 10.1 Å². The number of hydrogen-bond donors (Lipinski definition) is 1. The molecule has 2 aromatic rings. The molecular formula is C15H9F3N2O3S. The summed E-state index contributed by atoms with van der Waals surface area (Å²) in [6.07, 6.45) is -1.53. The molecule has 0 spiro atoms. The minimum atomic E-state index is -4.75. The predicted molar refractivity (Wildman–Crippen MR) is 81.6 cm³/mol. The molecule has 0 saturated carbocycles. The zero-order chi connectivity index (χ0) is 17.3. The first-order valence-electron chi connectivity index (χ1n) is 6.60. The van der Waals surface area contributed by atoms with Crippen molar-refractivity contribution in [2.75, 3.05) is 0 Å². The fraction of sp³-hybridized carbons (Fsp3) is 0.0667. The second kappa shape index (κ2) is 6.08. The van der Waals surface area contributed by atoms with Crippen LogP contribution in [0.15, 0.2) is 47.5 Å². The fourth-order valence-corrected chi connectivity index (χ4v) is 2.78. The van der Waals surface area contributed by atoms with Gasteiger partial charge in [0.25, 0.3) is 11.1 Å². The van der Waals surface area contributed by atoms with Crippen LogP contribution in [0.1, 0.15) is 5.69 Å². The van der Waals surface area contributed by atoms with Gasteiger partial charge in [-0.3, -0.25) is 14.9 Å². The van der Waals surface area contributed by atoms with Crippen LogP contribution in [0, 0.1) is 0 Å². The number of imide groups is 1. The van der Waals surface area contributed by atoms with E-state index in [0.717, 1.165) is 11.8 Å². The molecule has 2 amide bonds. The molecule has 3 rings (SSSR count). The molecule has 1 N–H and O–H groups in total. The molecule has 5 nitrogen and oxygen atoms in total. The van der Waals surface area contributed by atoms with Crippen LogP contribution in [0.25, 0.3) is 11.8 Å². The molecule has 24 heavy (non-hydrogen) atoms. The molecule has 1 aromatic heterocycles. The van der Waals surface area contributed by atoms with Gasteiger partial charge in [0.2, 0.25) is 0 Å². The van der Waals surface area contributed by atoms with Crippen molar-refractivity contribution in [1.29, 1.82) is 0 Å². The Hall–Kier alpha value is -2.68. The van der Waals surface area contributed by atoms with Crippen molar-refractivity contribution in [2.45, 2.75) is 6.36 Å². The van der Waals surface area contributed by atoms with Gasteiger partial charge in [-0.1, -0.05) is 0 Å². The lowest BCUT2D eigenvalue weighted by atomic mass is 10.3. The number of amides is 2. The van der Waals surface area contributed by atoms with Crippen molar-refractivity contribution < 1.29 is 27.5 Å². The summed E-state index contributed by atoms with van der Waals surface area (Å²) in [7, 11) is 0. The van der Waals surface area contributed by atoms with E-state index >= 15 is 0 Å². The fourth-order valence-electron chi connectivity index (χ4n) is 2.11. The van der Waals surface area contributed by atoms with Gasteiger partial charge < -0.3 is 9.30 Å². The predicted octanol–water partition coefficient (Wildman–Crippen LogP) is 3.70. The van der Waals surface area contributed by atoms with Gasteiger partial charge in [0.1, 0.15) is 5.75 Å². The van der Waals surface area contributed by atoms with Crippen molar-refractivity contribution >= 4 is 29.0 Å². The van der Waals surface area contributed by atoms with Crippen LogP contribution >= 0.6 is 11.8 Å². The van der Waals surface area contributed by atoms with E-state index in [1.165, 1.54) is 30.3 Å². The van der Waals surface area contributed by atoms with E-state index in [9.17, 15) is 22.8 Å². The highest BCUT2D eigenvalue weighted by Crippen LogP contribution is 2.28. The Kier molecular flexibility index (Phi) is 4.10. The highest BCUT2D eigenvalue weighted by atomic mass is 32.2. The SMILES string of the molecule is O=C1NC(=O)C(=Cc2cccn2-c2ccc(OC(F)(F)F)cc2)S1. The molecule has 1 aliphatic rings. The Bertz CT molecular complexity index is 825. The number of ether oxygens (including phenoxy) is 1. The second-order valence-electron chi connectivity index (χ2n) is 4.70. The smallest absolute Gasteiger partial charge is 0.406 e. The number of halogens is 3. The van der Waals surface area contributed by atoms with Gasteiger partial charge in [-0.25, -0.2) is 0 Å². The number of benzene rings is 1. The molecule has 1 aliphatic heterocycles. The average Bonchev–Trinajstić information content (AvgIpc) is 3.05. The number of carbonyl (C=O) groups is 2. The summed E-state index contributed by atoms with van der Waals surface area (Å²) in [5.41, 5.74) is 1.18. The van der Waals surface area contributed by atoms with Crippen molar-refractivity contribution in [1.82, 2.24) is 9.88 Å². The van der Waals surface area contributed by atoms with Gasteiger partial charge in [0, 0.05) is 17.6 Å². The topological polar surface area (TPSA) is 60.3 Å². The summed E-state index contributed by atoms with van der Waals surface area (Å²) in [6, 6.07) is 8.72. The van der Waals surface area contributed by atoms with Gasteiger partial charge in [-0.2, -0.15) is 0 Å². The van der Waals surface area contributed by atoms with Gasteiger partial charge >= 0.3 is 6.36 Å². The maximum Gasteiger partial charge on any atom is 0.573 e. The van der Waals surface area contributed by atoms with Crippen LogP contribution in [0.4, 0.5) is 18.0 Å². The van der Waals surface area contributed by atoms with E-state index in [-0.39, 0.29) is 10.7 Å². The highest BCUT2D eigenvalue weighted by Gasteiger charge is 2.31. The lowest BCUT2D eigenvalue weighted by Gasteiger charge is -2.11. The van der Waals surface area contributed by atoms with E-state index < -0.39 is 17.5 Å². The maximum atomic E-state index is 12.2. The minimum Gasteiger partial charge on any atom is -0.406 e. The third-order valence-corrected chi connectivity index (χ3v) is 3.86. The molecule has 0 radical (unpaired) electrons. The first-order valence-corrected chi connectivity index (χ1v) is 7.42. The average molecular weight is 354 g/mol. The van der Waals surface area contributed by atoms with Gasteiger partial charge in [0.15, 0.2) is 0 Å². The standard InChI is InChI=1S/C15H9F3N2O3S/c16-15(17,18)23-11-5-3-9(4-6-11)20-7-1-2-10(20)8-12-13(21)19-14(22)24-12/h1-8H,(H,19,21,22). The van der Waals surface area contributed by atoms with E-state index in [0.29, 0.717) is 11.4 Å². The Morgan fingerprint density at radius 3 is 2.42 bits per heavy atom. The number of rotatable bonds is 3. The first kappa shape index (κ1) is 16.2. The number of aromatic nitrogens is 1. The van der Waals surface area contributed by atoms with E-state index in [2.05, 4.69) is 10.1 Å². The number of alkyl halides is 3. The lowest BCUT2D eigenvalue weighted by molar-refractivity contribution is -0.274. The normalized spacial score (nSPS) is 16.5. The van der Waals surface area contributed by atoms with Crippen LogP contribution in [0.2, 0.25) is 0 Å². The Labute approximate surface area is 138 Å². The van der Waals surface area contributed by atoms with E-state index in [1.807, 2.05) is 0 Å². The summed E-state index contributed by atoms with van der Waals surface area (Å²) in [6.45, 7) is 0. The molecule has 124 valence electrons. The maximum absolute atomic E-state index is 12.2. The number of carbonyl (C=O) groups excluding carboxylic acids is 2. The summed E-state index contributed by atoms with van der Waals surface area (Å²) < 4.78 is 42.0. The number of thioether (sulfide) groups is 1. The molecule has 0 atom stereocenters. The molecule has 2 heterocycles. The van der Waals surface area contributed by atoms with Crippen molar-refractivity contribution in [2.24, 2.45) is 0 Å². The molecule has 0 bridgehead atoms. The van der Waals surface area contributed by atoms with Crippen LogP contribution in [-0.4, -0.2) is 22.1 Å². The van der Waals surface area contributed by atoms with Crippen LogP contribution in [-0.2, 0) is 4.79 Å². The molecular weight excluding hydrogens is 345 g/mol. The van der Waals surface area contributed by atoms with Crippen molar-refractivity contribution in [3.05, 3.63) is 53.2 Å². The Morgan fingerprint density at radius 2 is 1.83 bits per heavy atom. The Morgan fingerprint density at radius 1 is 1.12 bits per heavy atom. The lowest BCUT2D eigenvalue weighted by Crippen LogP contribution is -2.17. The van der Waals surface area contributed by atoms with Crippen molar-refractivity contribution in [3.8, 4) is 11.4 Å². The number of nitrogens with one attached hydrogen (secondary N) is 1. The first-order chi connectivity index (χ1) is 11.3. The molecule has 1 aromatic carbocycles. The van der Waals surface area contributed by atoms with E-state index in [1.54, 1.807) is 22.9 Å². The van der Waals surface area contributed by atoms with Gasteiger partial charge in [0.05, 0.1) is 4.91 Å². The summed E-state index contributed by atoms with van der Waals surface area (Å²) in [4.78, 5) is 23.0. The van der Waals surface area contributed by atoms with Crippen molar-refractivity contribution in [3.63, 3.8) is 0 Å². The van der Waals surface area contributed by atoms with Crippen LogP contribution in [0.3, 0.4) is 0 Å². The molecule has 0 unspecified atom stereocenters. The third kappa shape index (κ3) is 3.62. The molecule has 0 aliphatic carbocycles. The second-order valence-corrected chi connectivity index (χ2v) is 5.71. The third-order valence-electron chi connectivity index (χ3n) is 3.05. The number of nitrogens with zero attached hydrogens (tertiary/aromatic N) is 1. The zero-order valence-corrected chi connectivity index (χ0v) is 12.6. The molecule has 1 fully saturated rings. The molecule has 1 saturated heterocycles. The number of hydrogen-bond acceptors (Lipinski definition) is 4. The molecule has 9 heteroatoms.